The first kappa shape index (κ1) is 19.5. The van der Waals surface area contributed by atoms with E-state index in [1.807, 2.05) is 18.3 Å². The van der Waals surface area contributed by atoms with Crippen LogP contribution >= 0.6 is 11.8 Å². The molecule has 0 aromatic carbocycles. The van der Waals surface area contributed by atoms with E-state index < -0.39 is 0 Å². The molecular weight excluding hydrogens is 416 g/mol. The summed E-state index contributed by atoms with van der Waals surface area (Å²) >= 11 is 0.885. The van der Waals surface area contributed by atoms with Gasteiger partial charge in [-0.15, -0.1) is 5.10 Å². The molecule has 11 heteroatoms. The van der Waals surface area contributed by atoms with Crippen molar-refractivity contribution in [3.63, 3.8) is 0 Å². The Bertz CT molecular complexity index is 1170. The fourth-order valence-corrected chi connectivity index (χ4v) is 4.31. The first-order valence-corrected chi connectivity index (χ1v) is 10.8. The number of aromatic nitrogens is 5. The van der Waals surface area contributed by atoms with Crippen molar-refractivity contribution in [1.29, 1.82) is 0 Å². The molecule has 5 heterocycles. The Morgan fingerprint density at radius 2 is 2.03 bits per heavy atom. The number of fused-ring (bicyclic) bond motifs is 1. The first-order chi connectivity index (χ1) is 15.1. The van der Waals surface area contributed by atoms with Gasteiger partial charge in [0.15, 0.2) is 5.65 Å². The number of nitrogens with one attached hydrogen (secondary N) is 2. The summed E-state index contributed by atoms with van der Waals surface area (Å²) in [6.45, 7) is 2.57. The van der Waals surface area contributed by atoms with Crippen molar-refractivity contribution in [3.8, 4) is 0 Å². The van der Waals surface area contributed by atoms with E-state index in [-0.39, 0.29) is 11.1 Å². The van der Waals surface area contributed by atoms with Crippen LogP contribution in [0.5, 0.6) is 0 Å². The molecule has 0 radical (unpaired) electrons. The van der Waals surface area contributed by atoms with E-state index in [2.05, 4.69) is 35.6 Å². The number of amides is 2. The molecule has 3 aromatic heterocycles. The minimum Gasteiger partial charge on any atom is -0.368 e. The van der Waals surface area contributed by atoms with Crippen molar-refractivity contribution >= 4 is 46.4 Å². The van der Waals surface area contributed by atoms with E-state index in [9.17, 15) is 9.59 Å². The zero-order chi connectivity index (χ0) is 21.2. The second kappa shape index (κ2) is 8.34. The Labute approximate surface area is 182 Å². The summed E-state index contributed by atoms with van der Waals surface area (Å²) in [6, 6.07) is 5.62. The summed E-state index contributed by atoms with van der Waals surface area (Å²) in [5, 5.41) is 9.81. The maximum atomic E-state index is 11.7. The highest BCUT2D eigenvalue weighted by atomic mass is 32.2. The van der Waals surface area contributed by atoms with Crippen LogP contribution in [0.1, 0.15) is 18.5 Å². The molecule has 2 saturated heterocycles. The van der Waals surface area contributed by atoms with Gasteiger partial charge in [0.1, 0.15) is 5.82 Å². The highest BCUT2D eigenvalue weighted by molar-refractivity contribution is 8.18. The average molecular weight is 437 g/mol. The van der Waals surface area contributed by atoms with Gasteiger partial charge < -0.3 is 10.2 Å². The van der Waals surface area contributed by atoms with Crippen molar-refractivity contribution in [2.45, 2.75) is 12.8 Å². The lowest BCUT2D eigenvalue weighted by molar-refractivity contribution is -0.115. The van der Waals surface area contributed by atoms with Crippen molar-refractivity contribution in [2.75, 3.05) is 29.9 Å². The zero-order valence-electron chi connectivity index (χ0n) is 16.6. The molecule has 2 aliphatic heterocycles. The number of carbonyl (C=O) groups is 2. The number of hydrogen-bond donors (Lipinski definition) is 2. The van der Waals surface area contributed by atoms with E-state index in [0.29, 0.717) is 22.5 Å². The maximum Gasteiger partial charge on any atom is 0.290 e. The number of imidazole rings is 1. The van der Waals surface area contributed by atoms with Gasteiger partial charge in [-0.05, 0) is 54.8 Å². The van der Waals surface area contributed by atoms with Gasteiger partial charge in [-0.2, -0.15) is 0 Å². The summed E-state index contributed by atoms with van der Waals surface area (Å²) in [4.78, 5) is 38.7. The van der Waals surface area contributed by atoms with Gasteiger partial charge in [0, 0.05) is 38.2 Å². The van der Waals surface area contributed by atoms with Gasteiger partial charge in [-0.1, -0.05) is 0 Å². The van der Waals surface area contributed by atoms with Crippen molar-refractivity contribution in [2.24, 2.45) is 5.92 Å². The molecular formula is C20H20N8O2S. The molecule has 158 valence electrons. The molecule has 31 heavy (non-hydrogen) atoms. The number of piperidine rings is 1. The molecule has 0 bridgehead atoms. The summed E-state index contributed by atoms with van der Waals surface area (Å²) in [5.41, 5.74) is 1.44. The van der Waals surface area contributed by atoms with Crippen LogP contribution in [0.15, 0.2) is 41.7 Å². The van der Waals surface area contributed by atoms with Gasteiger partial charge >= 0.3 is 0 Å². The van der Waals surface area contributed by atoms with Gasteiger partial charge in [0.25, 0.3) is 11.1 Å². The first-order valence-electron chi connectivity index (χ1n) is 10.0. The van der Waals surface area contributed by atoms with E-state index in [0.717, 1.165) is 55.7 Å². The summed E-state index contributed by atoms with van der Waals surface area (Å²) in [7, 11) is 0. The third-order valence-electron chi connectivity index (χ3n) is 5.31. The number of thioether (sulfide) groups is 1. The van der Waals surface area contributed by atoms with Crippen LogP contribution in [0.2, 0.25) is 0 Å². The molecule has 0 atom stereocenters. The average Bonchev–Trinajstić information content (AvgIpc) is 3.38. The van der Waals surface area contributed by atoms with Gasteiger partial charge in [-0.25, -0.2) is 19.5 Å². The Balaban J connectivity index is 1.17. The van der Waals surface area contributed by atoms with Crippen LogP contribution in [0.3, 0.4) is 0 Å². The second-order valence-electron chi connectivity index (χ2n) is 7.39. The summed E-state index contributed by atoms with van der Waals surface area (Å²) in [5.74, 6) is 1.63. The van der Waals surface area contributed by atoms with Crippen molar-refractivity contribution in [1.82, 2.24) is 29.9 Å². The minimum atomic E-state index is -0.384. The van der Waals surface area contributed by atoms with Crippen molar-refractivity contribution < 1.29 is 9.59 Å². The minimum absolute atomic E-state index is 0.349. The fraction of sp³-hybridized carbons (Fsp3) is 0.300. The Morgan fingerprint density at radius 1 is 1.16 bits per heavy atom. The van der Waals surface area contributed by atoms with Crippen LogP contribution in [0.25, 0.3) is 11.7 Å². The molecule has 0 aliphatic carbocycles. The Kier molecular flexibility index (Phi) is 5.24. The van der Waals surface area contributed by atoms with Gasteiger partial charge in [-0.3, -0.25) is 14.9 Å². The molecule has 2 N–H and O–H groups in total. The maximum absolute atomic E-state index is 11.7. The highest BCUT2D eigenvalue weighted by Crippen LogP contribution is 2.26. The summed E-state index contributed by atoms with van der Waals surface area (Å²) < 4.78 is 1.76. The molecule has 0 spiro atoms. The molecule has 2 fully saturated rings. The normalized spacial score (nSPS) is 18.7. The van der Waals surface area contributed by atoms with Crippen LogP contribution < -0.4 is 15.5 Å². The monoisotopic (exact) mass is 436 g/mol. The predicted molar refractivity (Wildman–Crippen MR) is 118 cm³/mol. The Hall–Kier alpha value is -3.47. The Morgan fingerprint density at radius 3 is 2.84 bits per heavy atom. The van der Waals surface area contributed by atoms with Gasteiger partial charge in [0.05, 0.1) is 10.6 Å². The molecule has 10 nitrogen and oxygen atoms in total. The largest absolute Gasteiger partial charge is 0.368 e. The smallest absolute Gasteiger partial charge is 0.290 e. The summed E-state index contributed by atoms with van der Waals surface area (Å²) in [6.07, 6.45) is 8.90. The van der Waals surface area contributed by atoms with E-state index in [1.54, 1.807) is 29.1 Å². The number of carbonyl (C=O) groups excluding carboxylic acids is 2. The highest BCUT2D eigenvalue weighted by Gasteiger charge is 2.25. The van der Waals surface area contributed by atoms with Crippen LogP contribution in [-0.4, -0.2) is 55.3 Å². The van der Waals surface area contributed by atoms with Crippen LogP contribution in [-0.2, 0) is 4.79 Å². The van der Waals surface area contributed by atoms with Crippen LogP contribution in [0, 0.1) is 5.92 Å². The van der Waals surface area contributed by atoms with E-state index in [1.165, 1.54) is 0 Å². The number of nitrogens with zero attached hydrogens (tertiary/aromatic N) is 6. The van der Waals surface area contributed by atoms with Crippen molar-refractivity contribution in [3.05, 3.63) is 47.4 Å². The number of hydrogen-bond acceptors (Lipinski definition) is 9. The third kappa shape index (κ3) is 4.36. The molecule has 0 saturated carbocycles. The molecule has 2 aliphatic rings. The van der Waals surface area contributed by atoms with Crippen LogP contribution in [0.4, 0.5) is 16.6 Å². The second-order valence-corrected chi connectivity index (χ2v) is 8.41. The molecule has 5 rings (SSSR count). The SMILES string of the molecule is O=C1NC(=O)/C(=C/c2ccnc(N3CCC(CNc4ccc5nccn5n4)CC3)n2)S1. The van der Waals surface area contributed by atoms with Gasteiger partial charge in [0.2, 0.25) is 5.95 Å². The lowest BCUT2D eigenvalue weighted by atomic mass is 9.97. The van der Waals surface area contributed by atoms with E-state index in [4.69, 9.17) is 0 Å². The fourth-order valence-electron chi connectivity index (χ4n) is 3.65. The lowest BCUT2D eigenvalue weighted by Gasteiger charge is -2.32. The molecule has 2 amide bonds. The number of anilines is 2. The third-order valence-corrected chi connectivity index (χ3v) is 6.12. The van der Waals surface area contributed by atoms with E-state index >= 15 is 0 Å². The predicted octanol–water partition coefficient (Wildman–Crippen LogP) is 2.17. The molecule has 0 unspecified atom stereocenters. The topological polar surface area (TPSA) is 117 Å². The number of rotatable bonds is 5. The quantitative estimate of drug-likeness (QED) is 0.580. The molecule has 3 aromatic rings. The lowest BCUT2D eigenvalue weighted by Crippen LogP contribution is -2.37. The zero-order valence-corrected chi connectivity index (χ0v) is 17.4. The standard InChI is InChI=1S/C20H20N8O2S/c29-18-15(31-20(30)25-18)11-14-3-6-22-19(24-14)27-8-4-13(5-9-27)12-23-16-1-2-17-21-7-10-28(17)26-16/h1-3,6-7,10-11,13H,4-5,8-9,12H2,(H,23,26)(H,25,29,30)/b15-11-. The number of imide groups is 1.